The van der Waals surface area contributed by atoms with E-state index in [9.17, 15) is 4.79 Å². The van der Waals surface area contributed by atoms with E-state index < -0.39 is 0 Å². The SMILES string of the molecule is Cc1cc(Cl)ccc1NC(=O)N(C)c1nnc(Cl)s1. The number of anilines is 2. The molecule has 2 amide bonds. The summed E-state index contributed by atoms with van der Waals surface area (Å²) in [5, 5.41) is 11.3. The normalized spacial score (nSPS) is 10.3. The highest BCUT2D eigenvalue weighted by molar-refractivity contribution is 7.19. The molecule has 0 fully saturated rings. The number of rotatable bonds is 2. The third-order valence-electron chi connectivity index (χ3n) is 2.41. The zero-order valence-electron chi connectivity index (χ0n) is 10.1. The molecular formula is C11H10Cl2N4OS. The van der Waals surface area contributed by atoms with Gasteiger partial charge in [0.05, 0.1) is 0 Å². The molecule has 2 aromatic rings. The lowest BCUT2D eigenvalue weighted by Gasteiger charge is -2.15. The number of nitrogens with one attached hydrogen (secondary N) is 1. The maximum atomic E-state index is 12.0. The Kier molecular flexibility index (Phi) is 4.24. The molecule has 0 radical (unpaired) electrons. The molecule has 0 aliphatic heterocycles. The third kappa shape index (κ3) is 3.34. The van der Waals surface area contributed by atoms with Crippen molar-refractivity contribution in [3.05, 3.63) is 33.3 Å². The number of halogens is 2. The fraction of sp³-hybridized carbons (Fsp3) is 0.182. The quantitative estimate of drug-likeness (QED) is 0.916. The van der Waals surface area contributed by atoms with Gasteiger partial charge in [-0.1, -0.05) is 22.9 Å². The standard InChI is InChI=1S/C11H10Cl2N4OS/c1-6-5-7(12)3-4-8(6)14-10(18)17(2)11-16-15-9(13)19-11/h3-5H,1-2H3,(H,14,18). The van der Waals surface area contributed by atoms with Crippen molar-refractivity contribution in [2.75, 3.05) is 17.3 Å². The van der Waals surface area contributed by atoms with E-state index in [1.807, 2.05) is 6.92 Å². The van der Waals surface area contributed by atoms with Crippen LogP contribution >= 0.6 is 34.5 Å². The summed E-state index contributed by atoms with van der Waals surface area (Å²) in [6.45, 7) is 1.86. The number of carbonyl (C=O) groups is 1. The van der Waals surface area contributed by atoms with Gasteiger partial charge in [-0.05, 0) is 42.3 Å². The molecule has 1 aromatic carbocycles. The molecule has 1 heterocycles. The maximum Gasteiger partial charge on any atom is 0.327 e. The first-order valence-electron chi connectivity index (χ1n) is 5.27. The average molecular weight is 317 g/mol. The number of nitrogens with zero attached hydrogens (tertiary/aromatic N) is 3. The van der Waals surface area contributed by atoms with Gasteiger partial charge in [-0.2, -0.15) is 0 Å². The highest BCUT2D eigenvalue weighted by Crippen LogP contribution is 2.24. The highest BCUT2D eigenvalue weighted by atomic mass is 35.5. The molecule has 19 heavy (non-hydrogen) atoms. The van der Waals surface area contributed by atoms with Crippen LogP contribution in [0.15, 0.2) is 18.2 Å². The van der Waals surface area contributed by atoms with Gasteiger partial charge in [0.1, 0.15) is 0 Å². The monoisotopic (exact) mass is 316 g/mol. The van der Waals surface area contributed by atoms with Crippen LogP contribution in [0.4, 0.5) is 15.6 Å². The fourth-order valence-corrected chi connectivity index (χ4v) is 2.39. The fourth-order valence-electron chi connectivity index (χ4n) is 1.39. The lowest BCUT2D eigenvalue weighted by molar-refractivity contribution is 0.258. The molecule has 0 saturated carbocycles. The number of carbonyl (C=O) groups excluding carboxylic acids is 1. The highest BCUT2D eigenvalue weighted by Gasteiger charge is 2.16. The van der Waals surface area contributed by atoms with Crippen molar-refractivity contribution in [3.63, 3.8) is 0 Å². The third-order valence-corrected chi connectivity index (χ3v) is 3.74. The molecular weight excluding hydrogens is 307 g/mol. The van der Waals surface area contributed by atoms with Crippen molar-refractivity contribution in [3.8, 4) is 0 Å². The minimum absolute atomic E-state index is 0.289. The van der Waals surface area contributed by atoms with Gasteiger partial charge in [0.2, 0.25) is 9.60 Å². The van der Waals surface area contributed by atoms with Crippen molar-refractivity contribution in [1.29, 1.82) is 0 Å². The van der Waals surface area contributed by atoms with E-state index >= 15 is 0 Å². The zero-order chi connectivity index (χ0) is 14.0. The van der Waals surface area contributed by atoms with Crippen molar-refractivity contribution in [2.45, 2.75) is 6.92 Å². The van der Waals surface area contributed by atoms with Crippen molar-refractivity contribution in [1.82, 2.24) is 10.2 Å². The molecule has 1 N–H and O–H groups in total. The lowest BCUT2D eigenvalue weighted by Crippen LogP contribution is -2.31. The van der Waals surface area contributed by atoms with Gasteiger partial charge in [-0.25, -0.2) is 4.79 Å². The first kappa shape index (κ1) is 14.0. The van der Waals surface area contributed by atoms with E-state index in [0.717, 1.165) is 16.9 Å². The molecule has 0 aliphatic rings. The van der Waals surface area contributed by atoms with Gasteiger partial charge in [0.15, 0.2) is 0 Å². The molecule has 0 aliphatic carbocycles. The van der Waals surface area contributed by atoms with Crippen LogP contribution in [-0.2, 0) is 0 Å². The van der Waals surface area contributed by atoms with Gasteiger partial charge < -0.3 is 5.32 Å². The van der Waals surface area contributed by atoms with Gasteiger partial charge in [0, 0.05) is 17.8 Å². The summed E-state index contributed by atoms with van der Waals surface area (Å²) in [5.41, 5.74) is 1.57. The largest absolute Gasteiger partial charge is 0.327 e. The first-order valence-corrected chi connectivity index (χ1v) is 6.84. The predicted molar refractivity (Wildman–Crippen MR) is 78.5 cm³/mol. The molecule has 0 unspecified atom stereocenters. The van der Waals surface area contributed by atoms with Crippen LogP contribution in [0.25, 0.3) is 0 Å². The molecule has 0 bridgehead atoms. The number of hydrogen-bond acceptors (Lipinski definition) is 4. The van der Waals surface area contributed by atoms with Crippen molar-refractivity contribution < 1.29 is 4.79 Å². The Hall–Kier alpha value is -1.37. The van der Waals surface area contributed by atoms with Crippen LogP contribution in [0.2, 0.25) is 9.49 Å². The van der Waals surface area contributed by atoms with E-state index in [1.165, 1.54) is 4.90 Å². The van der Waals surface area contributed by atoms with Crippen LogP contribution in [0, 0.1) is 6.92 Å². The van der Waals surface area contributed by atoms with Gasteiger partial charge >= 0.3 is 6.03 Å². The summed E-state index contributed by atoms with van der Waals surface area (Å²) >= 11 is 12.7. The topological polar surface area (TPSA) is 58.1 Å². The number of amides is 2. The first-order chi connectivity index (χ1) is 8.97. The van der Waals surface area contributed by atoms with Crippen molar-refractivity contribution in [2.24, 2.45) is 0 Å². The van der Waals surface area contributed by atoms with Gasteiger partial charge in [0.25, 0.3) is 0 Å². The van der Waals surface area contributed by atoms with E-state index in [0.29, 0.717) is 15.8 Å². The number of aryl methyl sites for hydroxylation is 1. The zero-order valence-corrected chi connectivity index (χ0v) is 12.5. The Morgan fingerprint density at radius 2 is 2.11 bits per heavy atom. The second-order valence-electron chi connectivity index (χ2n) is 3.79. The average Bonchev–Trinajstić information content (AvgIpc) is 2.78. The summed E-state index contributed by atoms with van der Waals surface area (Å²) in [6.07, 6.45) is 0. The van der Waals surface area contributed by atoms with E-state index in [2.05, 4.69) is 15.5 Å². The molecule has 0 saturated heterocycles. The van der Waals surface area contributed by atoms with E-state index in [-0.39, 0.29) is 10.5 Å². The predicted octanol–water partition coefficient (Wildman–Crippen LogP) is 3.82. The van der Waals surface area contributed by atoms with Crippen LogP contribution in [0.1, 0.15) is 5.56 Å². The Morgan fingerprint density at radius 1 is 1.37 bits per heavy atom. The molecule has 8 heteroatoms. The van der Waals surface area contributed by atoms with Gasteiger partial charge in [-0.3, -0.25) is 4.90 Å². The summed E-state index contributed by atoms with van der Waals surface area (Å²) in [5.74, 6) is 0. The lowest BCUT2D eigenvalue weighted by atomic mass is 10.2. The summed E-state index contributed by atoms with van der Waals surface area (Å²) < 4.78 is 0.289. The molecule has 1 aromatic heterocycles. The number of urea groups is 1. The molecule has 5 nitrogen and oxygen atoms in total. The maximum absolute atomic E-state index is 12.0. The smallest absolute Gasteiger partial charge is 0.307 e. The molecule has 0 spiro atoms. The second kappa shape index (κ2) is 5.73. The van der Waals surface area contributed by atoms with Gasteiger partial charge in [-0.15, -0.1) is 10.2 Å². The Morgan fingerprint density at radius 3 is 2.68 bits per heavy atom. The van der Waals surface area contributed by atoms with Crippen LogP contribution in [0.5, 0.6) is 0 Å². The summed E-state index contributed by atoms with van der Waals surface area (Å²) in [7, 11) is 1.59. The Balaban J connectivity index is 2.12. The van der Waals surface area contributed by atoms with Crippen LogP contribution < -0.4 is 10.2 Å². The second-order valence-corrected chi connectivity index (χ2v) is 5.76. The Bertz CT molecular complexity index is 616. The van der Waals surface area contributed by atoms with Crippen LogP contribution in [-0.4, -0.2) is 23.3 Å². The van der Waals surface area contributed by atoms with Crippen LogP contribution in [0.3, 0.4) is 0 Å². The molecule has 0 atom stereocenters. The number of aromatic nitrogens is 2. The minimum atomic E-state index is -0.321. The molecule has 2 rings (SSSR count). The Labute approximate surface area is 124 Å². The van der Waals surface area contributed by atoms with Crippen molar-refractivity contribution >= 4 is 51.4 Å². The number of hydrogen-bond donors (Lipinski definition) is 1. The summed E-state index contributed by atoms with van der Waals surface area (Å²) in [6, 6.07) is 4.92. The molecule has 100 valence electrons. The van der Waals surface area contributed by atoms with E-state index in [1.54, 1.807) is 25.2 Å². The minimum Gasteiger partial charge on any atom is -0.307 e. The summed E-state index contributed by atoms with van der Waals surface area (Å²) in [4.78, 5) is 13.4. The van der Waals surface area contributed by atoms with E-state index in [4.69, 9.17) is 23.2 Å². The number of benzene rings is 1.